The Kier molecular flexibility index (Phi) is 42.8. The second kappa shape index (κ2) is 49.4. The van der Waals surface area contributed by atoms with Crippen molar-refractivity contribution in [3.8, 4) is 0 Å². The monoisotopic (exact) mass is 2100 g/mol. The summed E-state index contributed by atoms with van der Waals surface area (Å²) in [6.07, 6.45) is 16.6. The smallest absolute Gasteiger partial charge is 0.320 e. The van der Waals surface area contributed by atoms with Crippen LogP contribution in [0.3, 0.4) is 0 Å². The van der Waals surface area contributed by atoms with Gasteiger partial charge in [0.2, 0.25) is 37.8 Å². The minimum atomic E-state index is -2.93. The van der Waals surface area contributed by atoms with Crippen LogP contribution < -0.4 is 0 Å². The number of piperidine rings is 1. The van der Waals surface area contributed by atoms with Crippen LogP contribution in [0.5, 0.6) is 0 Å². The molecule has 15 fully saturated rings. The number of aromatic amines is 1. The molecule has 844 valence electrons. The Labute approximate surface area is 895 Å². The molecular formula is C117H212N16O12S2. The molecule has 15 aliphatic rings. The number of carbonyl (C=O) groups is 8. The number of nitrogens with zero attached hydrogens (tertiary/aromatic N) is 15. The van der Waals surface area contributed by atoms with Gasteiger partial charge in [0.1, 0.15) is 5.69 Å². The number of amides is 11. The van der Waals surface area contributed by atoms with Crippen molar-refractivity contribution in [3.05, 3.63) is 48.3 Å². The van der Waals surface area contributed by atoms with E-state index in [-0.39, 0.29) is 58.3 Å². The standard InChI is InChI=1S/2C13H24N2O.C13H18N2O.C13H24N2O.C11H17N3O.C11H19NO.C9H19NO2S.2C9H17NO.C8H17NO2S.C8H16/c2*1-12(2,3)10-6-14(7-10)11(16)15-8-13(4,5)9-15;1-13(2,3)10-8-15(9-10)12(16)11-6-4-5-7-14-11;1-13(2,3)11-9-15(10-11)12(16)14-7-5-4-6-8-14;1-11(2,3)8-6-14(7-8)10(15)9-12-4-5-13-9;1-11(2,3)9-6-12(7-9)10(13)8-4-5-8;1-5-13(11,12)10-6-8(7-10)9(2,3)4;2*1-7(11)10-5-8(6-10)9(2,3)4;1-8(2,3)7-5-9(6-7)12(4,10)11;1-8(2,3)7-5-4-6-7/h2*10H,6-9H2,1-5H3;4-7,10H,8-9H2,1-3H3;11H,4-10H2,1-3H3;4-5,8H,6-7H2,1-3H3,(H,12,13);8-9H,4-7H2,1-3H3;8H,5-7H2,1-4H3;2*8H,5-6H2,1-4H3;7H,5-6H2,1-4H3;7H,4-6H2,1-3H3. The number of H-pyrrole nitrogens is 1. The summed E-state index contributed by atoms with van der Waals surface area (Å²) in [6, 6.07) is 6.22. The molecule has 0 aromatic carbocycles. The number of rotatable bonds is 6. The lowest BCUT2D eigenvalue weighted by Gasteiger charge is -2.52. The maximum atomic E-state index is 12.1. The number of hydrogen-bond acceptors (Lipinski definition) is 14. The molecule has 13 aliphatic heterocycles. The van der Waals surface area contributed by atoms with Crippen LogP contribution in [0, 0.1) is 141 Å². The summed E-state index contributed by atoms with van der Waals surface area (Å²) in [7, 11) is -5.85. The van der Waals surface area contributed by atoms with E-state index in [0.29, 0.717) is 162 Å². The van der Waals surface area contributed by atoms with Crippen molar-refractivity contribution < 1.29 is 55.2 Å². The van der Waals surface area contributed by atoms with E-state index in [0.717, 1.165) is 169 Å². The minimum Gasteiger partial charge on any atom is -0.342 e. The molecule has 15 heterocycles. The minimum absolute atomic E-state index is 0.0144. The molecule has 0 bridgehead atoms. The van der Waals surface area contributed by atoms with Gasteiger partial charge in [-0.3, -0.25) is 29.0 Å². The van der Waals surface area contributed by atoms with Crippen LogP contribution in [0.25, 0.3) is 0 Å². The van der Waals surface area contributed by atoms with Crippen molar-refractivity contribution >= 4 is 67.7 Å². The number of urea groups is 3. The number of hydrogen-bond donors (Lipinski definition) is 1. The number of sulfonamides is 2. The maximum absolute atomic E-state index is 12.1. The highest BCUT2D eigenvalue weighted by Crippen LogP contribution is 2.46. The molecule has 0 radical (unpaired) electrons. The molecule has 1 N–H and O–H groups in total. The van der Waals surface area contributed by atoms with Gasteiger partial charge >= 0.3 is 18.1 Å². The fraction of sp³-hybridized carbons (Fsp3) is 0.863. The fourth-order valence-electron chi connectivity index (χ4n) is 19.3. The van der Waals surface area contributed by atoms with E-state index in [1.54, 1.807) is 49.7 Å². The Morgan fingerprint density at radius 1 is 0.320 bits per heavy atom. The predicted octanol–water partition coefficient (Wildman–Crippen LogP) is 21.1. The van der Waals surface area contributed by atoms with Gasteiger partial charge < -0.3 is 58.9 Å². The van der Waals surface area contributed by atoms with Crippen molar-refractivity contribution in [2.75, 3.05) is 182 Å². The number of aromatic nitrogens is 3. The average Bonchev–Trinajstić information content (AvgIpc) is 1.57. The van der Waals surface area contributed by atoms with Crippen LogP contribution in [-0.4, -0.2) is 324 Å². The van der Waals surface area contributed by atoms with E-state index in [1.165, 1.54) is 49.1 Å². The zero-order chi connectivity index (χ0) is 112. The zero-order valence-electron chi connectivity index (χ0n) is 101. The summed E-state index contributed by atoms with van der Waals surface area (Å²) in [5.41, 5.74) is 5.01. The molecule has 30 heteroatoms. The maximum Gasteiger partial charge on any atom is 0.320 e. The lowest BCUT2D eigenvalue weighted by Crippen LogP contribution is -2.64. The normalized spacial score (nSPS) is 21.7. The predicted molar refractivity (Wildman–Crippen MR) is 599 cm³/mol. The summed E-state index contributed by atoms with van der Waals surface area (Å²) in [6.45, 7) is 111. The molecule has 0 spiro atoms. The third kappa shape index (κ3) is 38.2. The molecule has 2 aliphatic carbocycles. The van der Waals surface area contributed by atoms with E-state index in [9.17, 15) is 55.2 Å². The lowest BCUT2D eigenvalue weighted by molar-refractivity contribution is -0.142. The summed E-state index contributed by atoms with van der Waals surface area (Å²) < 4.78 is 47.9. The van der Waals surface area contributed by atoms with Crippen LogP contribution in [0.1, 0.15) is 349 Å². The first-order valence-corrected chi connectivity index (χ1v) is 59.5. The van der Waals surface area contributed by atoms with Crippen molar-refractivity contribution in [2.24, 2.45) is 141 Å². The Morgan fingerprint density at radius 3 is 0.837 bits per heavy atom. The first-order valence-electron chi connectivity index (χ1n) is 56.1. The number of carbonyl (C=O) groups excluding carboxylic acids is 8. The van der Waals surface area contributed by atoms with Crippen molar-refractivity contribution in [1.29, 1.82) is 0 Å². The molecule has 28 nitrogen and oxygen atoms in total. The first-order chi connectivity index (χ1) is 66.7. The van der Waals surface area contributed by atoms with Gasteiger partial charge in [0, 0.05) is 219 Å². The lowest BCUT2D eigenvalue weighted by atomic mass is 9.69. The molecule has 2 saturated carbocycles. The van der Waals surface area contributed by atoms with Crippen LogP contribution in [-0.2, 0) is 34.4 Å². The van der Waals surface area contributed by atoms with E-state index in [1.807, 2.05) is 66.0 Å². The van der Waals surface area contributed by atoms with Crippen LogP contribution in [0.4, 0.5) is 14.4 Å². The molecule has 13 saturated heterocycles. The summed E-state index contributed by atoms with van der Waals surface area (Å²) >= 11 is 0. The second-order valence-electron chi connectivity index (χ2n) is 59.5. The molecule has 17 rings (SSSR count). The summed E-state index contributed by atoms with van der Waals surface area (Å²) in [4.78, 5) is 126. The molecule has 11 amide bonds. The molecule has 0 unspecified atom stereocenters. The van der Waals surface area contributed by atoms with Gasteiger partial charge in [-0.1, -0.05) is 269 Å². The summed E-state index contributed by atoms with van der Waals surface area (Å²) in [5.74, 6) is 9.43. The largest absolute Gasteiger partial charge is 0.342 e. The highest BCUT2D eigenvalue weighted by Gasteiger charge is 2.51. The quantitative estimate of drug-likeness (QED) is 0.281. The highest BCUT2D eigenvalue weighted by atomic mass is 32.2. The number of likely N-dealkylation sites (tertiary alicyclic amines) is 11. The second-order valence-corrected chi connectivity index (χ2v) is 63.8. The van der Waals surface area contributed by atoms with Gasteiger partial charge in [0.15, 0.2) is 5.82 Å². The molecular weight excluding hydrogens is 1890 g/mol. The van der Waals surface area contributed by atoms with E-state index >= 15 is 0 Å². The van der Waals surface area contributed by atoms with Gasteiger partial charge in [0.25, 0.3) is 11.8 Å². The van der Waals surface area contributed by atoms with Crippen molar-refractivity contribution in [3.63, 3.8) is 0 Å². The SMILES string of the molecule is CC(=O)N1CC(C(C)(C)C)C1.CC(=O)N1CC(C(C)(C)C)C1.CC(C)(C)C1CCC1.CC(C)(C)C1CN(C(=O)C2CC2)C1.CC(C)(C)C1CN(C(=O)N2CCCCC2)C1.CC(C)(C)C1CN(C(=O)c2ccccn2)C1.CC(C)(C)C1CN(C(=O)c2ncc[nH]2)C1.CC(C)(C)C1CN(S(C)(=O)=O)C1.CC1(C)CN(C(=O)N2CC(C(C)(C)C)C2)C1.CC1(C)CN(C(=O)N2CC(C(C)(C)C)C2)C1.CCS(=O)(=O)N1CC(C(C)(C)C)C1. The topological polar surface area (TPSA) is 289 Å². The third-order valence-electron chi connectivity index (χ3n) is 34.3. The zero-order valence-corrected chi connectivity index (χ0v) is 102. The first kappa shape index (κ1) is 127. The Hall–Kier alpha value is -6.66. The van der Waals surface area contributed by atoms with Gasteiger partial charge in [0.05, 0.1) is 12.0 Å². The van der Waals surface area contributed by atoms with Crippen molar-refractivity contribution in [2.45, 2.75) is 328 Å². The van der Waals surface area contributed by atoms with Gasteiger partial charge in [-0.05, 0) is 189 Å². The molecule has 2 aromatic rings. The highest BCUT2D eigenvalue weighted by molar-refractivity contribution is 7.89. The van der Waals surface area contributed by atoms with Gasteiger partial charge in [-0.25, -0.2) is 44.8 Å². The summed E-state index contributed by atoms with van der Waals surface area (Å²) in [5, 5.41) is 0. The van der Waals surface area contributed by atoms with Gasteiger partial charge in [-0.15, -0.1) is 0 Å². The van der Waals surface area contributed by atoms with Gasteiger partial charge in [-0.2, -0.15) is 0 Å². The molecule has 147 heavy (non-hydrogen) atoms. The number of imidazole rings is 1. The van der Waals surface area contributed by atoms with Crippen LogP contribution in [0.15, 0.2) is 36.8 Å². The fourth-order valence-corrected chi connectivity index (χ4v) is 21.4. The van der Waals surface area contributed by atoms with E-state index < -0.39 is 20.0 Å². The van der Waals surface area contributed by atoms with Crippen molar-refractivity contribution in [1.82, 2.24) is 77.5 Å². The van der Waals surface area contributed by atoms with Crippen LogP contribution >= 0.6 is 0 Å². The Balaban J connectivity index is 0.000000220. The van der Waals surface area contributed by atoms with E-state index in [4.69, 9.17) is 0 Å². The molecule has 2 aromatic heterocycles. The van der Waals surface area contributed by atoms with Crippen LogP contribution in [0.2, 0.25) is 0 Å². The number of nitrogens with one attached hydrogen (secondary N) is 1. The Morgan fingerprint density at radius 2 is 0.599 bits per heavy atom. The average molecular weight is 2100 g/mol. The molecule has 0 atom stereocenters. The third-order valence-corrected chi connectivity index (χ3v) is 37.3. The van der Waals surface area contributed by atoms with E-state index in [2.05, 4.69) is 271 Å². The number of pyridine rings is 1. The Bertz CT molecular complexity index is 4660.